The maximum atomic E-state index is 11.4. The lowest BCUT2D eigenvalue weighted by Gasteiger charge is -2.05. The van der Waals surface area contributed by atoms with Crippen LogP contribution in [0.15, 0.2) is 6.07 Å². The second-order valence-corrected chi connectivity index (χ2v) is 3.97. The van der Waals surface area contributed by atoms with Crippen LogP contribution in [0.1, 0.15) is 19.0 Å². The fourth-order valence-corrected chi connectivity index (χ4v) is 1.68. The van der Waals surface area contributed by atoms with Crippen LogP contribution in [0.2, 0.25) is 0 Å². The van der Waals surface area contributed by atoms with Crippen LogP contribution in [0.5, 0.6) is 0 Å². The van der Waals surface area contributed by atoms with Crippen molar-refractivity contribution in [1.29, 1.82) is 0 Å². The van der Waals surface area contributed by atoms with Crippen LogP contribution in [-0.2, 0) is 16.6 Å². The van der Waals surface area contributed by atoms with E-state index in [2.05, 4.69) is 10.4 Å². The largest absolute Gasteiger partial charge is 0.461 e. The van der Waals surface area contributed by atoms with Crippen LogP contribution in [0.25, 0.3) is 0 Å². The summed E-state index contributed by atoms with van der Waals surface area (Å²) in [5.74, 6) is 0.539. The van der Waals surface area contributed by atoms with Crippen molar-refractivity contribution in [2.45, 2.75) is 32.4 Å². The van der Waals surface area contributed by atoms with Crippen molar-refractivity contribution in [1.82, 2.24) is 9.78 Å². The number of ether oxygens (including phenoxy) is 1. The molecule has 0 aromatic carbocycles. The van der Waals surface area contributed by atoms with Gasteiger partial charge in [-0.1, -0.05) is 0 Å². The second kappa shape index (κ2) is 3.56. The topological polar surface area (TPSA) is 56.1 Å². The number of cyclic esters (lactones) is 1. The fraction of sp³-hybridized carbons (Fsp3) is 0.600. The standard InChI is InChI=1S/C10H15N3O2/c1-6-4-9(12-13(6)3)11-8-5-7(2)15-10(8)14/h4,7-8H,5H2,1-3H3,(H,11,12)/t7-,8+/m1/s1. The molecule has 5 heteroatoms. The Morgan fingerprint density at radius 1 is 1.67 bits per heavy atom. The number of aryl methyl sites for hydroxylation is 2. The molecule has 1 aliphatic heterocycles. The molecule has 0 aliphatic carbocycles. The molecule has 0 saturated carbocycles. The van der Waals surface area contributed by atoms with Gasteiger partial charge in [-0.25, -0.2) is 4.79 Å². The smallest absolute Gasteiger partial charge is 0.329 e. The van der Waals surface area contributed by atoms with Gasteiger partial charge in [0, 0.05) is 25.2 Å². The Morgan fingerprint density at radius 2 is 2.40 bits per heavy atom. The number of carbonyl (C=O) groups is 1. The van der Waals surface area contributed by atoms with Crippen LogP contribution in [-0.4, -0.2) is 27.9 Å². The Hall–Kier alpha value is -1.52. The Balaban J connectivity index is 2.06. The molecule has 0 spiro atoms. The molecule has 1 aromatic rings. The van der Waals surface area contributed by atoms with E-state index in [1.807, 2.05) is 27.0 Å². The van der Waals surface area contributed by atoms with E-state index in [4.69, 9.17) is 4.74 Å². The number of esters is 1. The quantitative estimate of drug-likeness (QED) is 0.733. The summed E-state index contributed by atoms with van der Waals surface area (Å²) in [6, 6.07) is 1.66. The van der Waals surface area contributed by atoms with Crippen molar-refractivity contribution in [3.8, 4) is 0 Å². The van der Waals surface area contributed by atoms with Gasteiger partial charge >= 0.3 is 5.97 Å². The maximum Gasteiger partial charge on any atom is 0.329 e. The summed E-state index contributed by atoms with van der Waals surface area (Å²) in [5, 5.41) is 7.31. The monoisotopic (exact) mass is 209 g/mol. The van der Waals surface area contributed by atoms with Gasteiger partial charge in [-0.15, -0.1) is 0 Å². The molecule has 0 bridgehead atoms. The lowest BCUT2D eigenvalue weighted by atomic mass is 10.2. The summed E-state index contributed by atoms with van der Waals surface area (Å²) in [5.41, 5.74) is 1.05. The van der Waals surface area contributed by atoms with Gasteiger partial charge in [-0.2, -0.15) is 5.10 Å². The molecular formula is C10H15N3O2. The first-order valence-electron chi connectivity index (χ1n) is 5.04. The van der Waals surface area contributed by atoms with Gasteiger partial charge < -0.3 is 10.1 Å². The highest BCUT2D eigenvalue weighted by atomic mass is 16.6. The zero-order valence-electron chi connectivity index (χ0n) is 9.15. The number of nitrogens with zero attached hydrogens (tertiary/aromatic N) is 2. The van der Waals surface area contributed by atoms with Gasteiger partial charge in [-0.3, -0.25) is 4.68 Å². The van der Waals surface area contributed by atoms with E-state index in [9.17, 15) is 4.79 Å². The Bertz CT molecular complexity index is 367. The van der Waals surface area contributed by atoms with E-state index in [-0.39, 0.29) is 18.1 Å². The summed E-state index contributed by atoms with van der Waals surface area (Å²) in [4.78, 5) is 11.4. The molecule has 82 valence electrons. The van der Waals surface area contributed by atoms with Gasteiger partial charge in [0.2, 0.25) is 0 Å². The SMILES string of the molecule is Cc1cc(N[C@H]2C[C@@H](C)OC2=O)nn1C. The first-order chi connectivity index (χ1) is 7.06. The molecule has 0 radical (unpaired) electrons. The van der Waals surface area contributed by atoms with E-state index in [0.717, 1.165) is 11.5 Å². The highest BCUT2D eigenvalue weighted by Gasteiger charge is 2.32. The molecule has 15 heavy (non-hydrogen) atoms. The predicted molar refractivity (Wildman–Crippen MR) is 55.5 cm³/mol. The third-order valence-corrected chi connectivity index (χ3v) is 2.61. The molecule has 0 unspecified atom stereocenters. The molecule has 2 heterocycles. The minimum atomic E-state index is -0.255. The second-order valence-electron chi connectivity index (χ2n) is 3.97. The molecular weight excluding hydrogens is 194 g/mol. The van der Waals surface area contributed by atoms with Crippen molar-refractivity contribution in [2.24, 2.45) is 7.05 Å². The van der Waals surface area contributed by atoms with Crippen LogP contribution in [0.3, 0.4) is 0 Å². The number of hydrogen-bond donors (Lipinski definition) is 1. The highest BCUT2D eigenvalue weighted by molar-refractivity contribution is 5.80. The van der Waals surface area contributed by atoms with E-state index < -0.39 is 0 Å². The van der Waals surface area contributed by atoms with Crippen molar-refractivity contribution < 1.29 is 9.53 Å². The van der Waals surface area contributed by atoms with Crippen LogP contribution in [0, 0.1) is 6.92 Å². The lowest BCUT2D eigenvalue weighted by Crippen LogP contribution is -2.24. The van der Waals surface area contributed by atoms with E-state index >= 15 is 0 Å². The molecule has 1 saturated heterocycles. The summed E-state index contributed by atoms with van der Waals surface area (Å²) < 4.78 is 6.82. The Kier molecular flexibility index (Phi) is 2.38. The summed E-state index contributed by atoms with van der Waals surface area (Å²) in [7, 11) is 1.87. The number of carbonyl (C=O) groups excluding carboxylic acids is 1. The van der Waals surface area contributed by atoms with Crippen molar-refractivity contribution in [3.05, 3.63) is 11.8 Å². The molecule has 1 aromatic heterocycles. The van der Waals surface area contributed by atoms with Gasteiger partial charge in [0.05, 0.1) is 0 Å². The third kappa shape index (κ3) is 1.95. The number of anilines is 1. The first kappa shape index (κ1) is 10.0. The van der Waals surface area contributed by atoms with E-state index in [0.29, 0.717) is 6.42 Å². The van der Waals surface area contributed by atoms with Crippen molar-refractivity contribution >= 4 is 11.8 Å². The molecule has 5 nitrogen and oxygen atoms in total. The molecule has 2 rings (SSSR count). The van der Waals surface area contributed by atoms with Gasteiger partial charge in [-0.05, 0) is 13.8 Å². The Morgan fingerprint density at radius 3 is 2.87 bits per heavy atom. The average Bonchev–Trinajstić information content (AvgIpc) is 2.59. The molecule has 1 fully saturated rings. The third-order valence-electron chi connectivity index (χ3n) is 2.61. The highest BCUT2D eigenvalue weighted by Crippen LogP contribution is 2.18. The van der Waals surface area contributed by atoms with Gasteiger partial charge in [0.25, 0.3) is 0 Å². The van der Waals surface area contributed by atoms with Crippen molar-refractivity contribution in [3.63, 3.8) is 0 Å². The van der Waals surface area contributed by atoms with Gasteiger partial charge in [0.15, 0.2) is 0 Å². The normalized spacial score (nSPS) is 25.4. The van der Waals surface area contributed by atoms with Crippen LogP contribution >= 0.6 is 0 Å². The average molecular weight is 209 g/mol. The molecule has 2 atom stereocenters. The van der Waals surface area contributed by atoms with Gasteiger partial charge in [0.1, 0.15) is 18.0 Å². The van der Waals surface area contributed by atoms with Crippen molar-refractivity contribution in [2.75, 3.05) is 5.32 Å². The molecule has 1 N–H and O–H groups in total. The maximum absolute atomic E-state index is 11.4. The number of nitrogens with one attached hydrogen (secondary N) is 1. The number of hydrogen-bond acceptors (Lipinski definition) is 4. The van der Waals surface area contributed by atoms with Crippen LogP contribution in [0.4, 0.5) is 5.82 Å². The molecule has 1 aliphatic rings. The lowest BCUT2D eigenvalue weighted by molar-refractivity contribution is -0.141. The predicted octanol–water partition coefficient (Wildman–Crippen LogP) is 0.844. The van der Waals surface area contributed by atoms with E-state index in [1.54, 1.807) is 4.68 Å². The number of aromatic nitrogens is 2. The number of rotatable bonds is 2. The zero-order chi connectivity index (χ0) is 11.0. The summed E-state index contributed by atoms with van der Waals surface area (Å²) >= 11 is 0. The molecule has 0 amide bonds. The fourth-order valence-electron chi connectivity index (χ4n) is 1.68. The Labute approximate surface area is 88.4 Å². The van der Waals surface area contributed by atoms with E-state index in [1.165, 1.54) is 0 Å². The minimum absolute atomic E-state index is 0.000177. The first-order valence-corrected chi connectivity index (χ1v) is 5.04. The van der Waals surface area contributed by atoms with Crippen LogP contribution < -0.4 is 5.32 Å². The zero-order valence-corrected chi connectivity index (χ0v) is 9.15. The summed E-state index contributed by atoms with van der Waals surface area (Å²) in [6.07, 6.45) is 0.703. The summed E-state index contributed by atoms with van der Waals surface area (Å²) in [6.45, 7) is 3.86. The minimum Gasteiger partial charge on any atom is -0.461 e.